The van der Waals surface area contributed by atoms with Crippen molar-refractivity contribution in [3.05, 3.63) is 95.3 Å². The molecule has 182 valence electrons. The number of methoxy groups -OCH3 is 1. The number of carbonyl (C=O) groups excluding carboxylic acids is 2. The SMILES string of the molecule is COc1ccc(CCNC(=O)c2ccccc2N2CCC(NC(=O)c3ccc(F)cc3)CC2)cc1. The molecule has 0 aliphatic carbocycles. The number of hydrogen-bond donors (Lipinski definition) is 2. The van der Waals surface area contributed by atoms with Gasteiger partial charge in [0.05, 0.1) is 12.7 Å². The Morgan fingerprint density at radius 2 is 1.63 bits per heavy atom. The molecular weight excluding hydrogens is 445 g/mol. The smallest absolute Gasteiger partial charge is 0.253 e. The highest BCUT2D eigenvalue weighted by atomic mass is 19.1. The molecular formula is C28H30FN3O3. The van der Waals surface area contributed by atoms with Crippen LogP contribution in [0.3, 0.4) is 0 Å². The van der Waals surface area contributed by atoms with Crippen LogP contribution in [-0.2, 0) is 6.42 Å². The van der Waals surface area contributed by atoms with Crippen molar-refractivity contribution in [2.24, 2.45) is 0 Å². The molecule has 1 aliphatic heterocycles. The summed E-state index contributed by atoms with van der Waals surface area (Å²) in [5.41, 5.74) is 3.13. The highest BCUT2D eigenvalue weighted by Gasteiger charge is 2.24. The van der Waals surface area contributed by atoms with Crippen molar-refractivity contribution in [1.82, 2.24) is 10.6 Å². The molecule has 1 fully saturated rings. The first-order valence-corrected chi connectivity index (χ1v) is 11.8. The van der Waals surface area contributed by atoms with Gasteiger partial charge in [0, 0.05) is 36.9 Å². The lowest BCUT2D eigenvalue weighted by atomic mass is 10.0. The molecule has 4 rings (SSSR count). The van der Waals surface area contributed by atoms with Gasteiger partial charge in [-0.15, -0.1) is 0 Å². The van der Waals surface area contributed by atoms with Crippen LogP contribution in [0.2, 0.25) is 0 Å². The van der Waals surface area contributed by atoms with Crippen molar-refractivity contribution in [2.75, 3.05) is 31.6 Å². The van der Waals surface area contributed by atoms with Crippen LogP contribution in [0.25, 0.3) is 0 Å². The number of piperidine rings is 1. The largest absolute Gasteiger partial charge is 0.497 e. The quantitative estimate of drug-likeness (QED) is 0.512. The third-order valence-corrected chi connectivity index (χ3v) is 6.28. The number of para-hydroxylation sites is 1. The molecule has 0 saturated carbocycles. The zero-order valence-corrected chi connectivity index (χ0v) is 19.8. The second-order valence-electron chi connectivity index (χ2n) is 8.61. The monoisotopic (exact) mass is 475 g/mol. The van der Waals surface area contributed by atoms with Crippen LogP contribution < -0.4 is 20.3 Å². The molecule has 0 atom stereocenters. The summed E-state index contributed by atoms with van der Waals surface area (Å²) in [4.78, 5) is 27.6. The average molecular weight is 476 g/mol. The average Bonchev–Trinajstić information content (AvgIpc) is 2.90. The summed E-state index contributed by atoms with van der Waals surface area (Å²) >= 11 is 0. The van der Waals surface area contributed by atoms with Gasteiger partial charge in [-0.25, -0.2) is 4.39 Å². The summed E-state index contributed by atoms with van der Waals surface area (Å²) in [5.74, 6) is 0.157. The van der Waals surface area contributed by atoms with Crippen LogP contribution in [0.15, 0.2) is 72.8 Å². The first kappa shape index (κ1) is 24.3. The van der Waals surface area contributed by atoms with Crippen LogP contribution >= 0.6 is 0 Å². The van der Waals surface area contributed by atoms with E-state index in [2.05, 4.69) is 15.5 Å². The fourth-order valence-electron chi connectivity index (χ4n) is 4.28. The molecule has 0 bridgehead atoms. The highest BCUT2D eigenvalue weighted by Crippen LogP contribution is 2.24. The van der Waals surface area contributed by atoms with E-state index in [9.17, 15) is 14.0 Å². The summed E-state index contributed by atoms with van der Waals surface area (Å²) in [7, 11) is 1.64. The number of benzene rings is 3. The van der Waals surface area contributed by atoms with Gasteiger partial charge in [-0.1, -0.05) is 24.3 Å². The summed E-state index contributed by atoms with van der Waals surface area (Å²) in [6.45, 7) is 1.99. The molecule has 1 saturated heterocycles. The minimum absolute atomic E-state index is 0.0364. The third-order valence-electron chi connectivity index (χ3n) is 6.28. The van der Waals surface area contributed by atoms with Gasteiger partial charge in [-0.05, 0) is 73.4 Å². The summed E-state index contributed by atoms with van der Waals surface area (Å²) < 4.78 is 18.3. The zero-order chi connectivity index (χ0) is 24.6. The van der Waals surface area contributed by atoms with Gasteiger partial charge in [0.1, 0.15) is 11.6 Å². The Morgan fingerprint density at radius 1 is 0.943 bits per heavy atom. The Kier molecular flexibility index (Phi) is 7.98. The van der Waals surface area contributed by atoms with E-state index in [0.717, 1.165) is 49.4 Å². The van der Waals surface area contributed by atoms with Crippen LogP contribution in [0, 0.1) is 5.82 Å². The van der Waals surface area contributed by atoms with E-state index in [-0.39, 0.29) is 23.7 Å². The van der Waals surface area contributed by atoms with E-state index in [4.69, 9.17) is 4.74 Å². The molecule has 7 heteroatoms. The van der Waals surface area contributed by atoms with E-state index >= 15 is 0 Å². The first-order chi connectivity index (χ1) is 17.0. The topological polar surface area (TPSA) is 70.7 Å². The second kappa shape index (κ2) is 11.5. The number of nitrogens with zero attached hydrogens (tertiary/aromatic N) is 1. The number of anilines is 1. The molecule has 2 N–H and O–H groups in total. The molecule has 35 heavy (non-hydrogen) atoms. The maximum absolute atomic E-state index is 13.1. The van der Waals surface area contributed by atoms with Crippen molar-refractivity contribution < 1.29 is 18.7 Å². The summed E-state index contributed by atoms with van der Waals surface area (Å²) in [6, 6.07) is 21.0. The molecule has 3 aromatic carbocycles. The summed E-state index contributed by atoms with van der Waals surface area (Å²) in [5, 5.41) is 6.07. The number of rotatable bonds is 8. The van der Waals surface area contributed by atoms with Crippen molar-refractivity contribution in [2.45, 2.75) is 25.3 Å². The van der Waals surface area contributed by atoms with Crippen LogP contribution in [-0.4, -0.2) is 44.6 Å². The maximum atomic E-state index is 13.1. The van der Waals surface area contributed by atoms with Crippen molar-refractivity contribution >= 4 is 17.5 Å². The minimum Gasteiger partial charge on any atom is -0.497 e. The number of nitrogens with one attached hydrogen (secondary N) is 2. The molecule has 1 heterocycles. The normalized spacial score (nSPS) is 13.8. The van der Waals surface area contributed by atoms with Crippen LogP contribution in [0.1, 0.15) is 39.1 Å². The molecule has 0 spiro atoms. The predicted octanol–water partition coefficient (Wildman–Crippen LogP) is 4.21. The number of amides is 2. The first-order valence-electron chi connectivity index (χ1n) is 11.8. The Balaban J connectivity index is 1.30. The lowest BCUT2D eigenvalue weighted by Crippen LogP contribution is -2.45. The molecule has 6 nitrogen and oxygen atoms in total. The van der Waals surface area contributed by atoms with Gasteiger partial charge < -0.3 is 20.3 Å². The molecule has 0 unspecified atom stereocenters. The fraction of sp³-hybridized carbons (Fsp3) is 0.286. The fourth-order valence-corrected chi connectivity index (χ4v) is 4.28. The van der Waals surface area contributed by atoms with Crippen molar-refractivity contribution in [3.63, 3.8) is 0 Å². The summed E-state index contributed by atoms with van der Waals surface area (Å²) in [6.07, 6.45) is 2.26. The number of hydrogen-bond acceptors (Lipinski definition) is 4. The van der Waals surface area contributed by atoms with Crippen LogP contribution in [0.4, 0.5) is 10.1 Å². The predicted molar refractivity (Wildman–Crippen MR) is 135 cm³/mol. The van der Waals surface area contributed by atoms with Gasteiger partial charge in [-0.2, -0.15) is 0 Å². The number of carbonyl (C=O) groups is 2. The van der Waals surface area contributed by atoms with Crippen molar-refractivity contribution in [1.29, 1.82) is 0 Å². The van der Waals surface area contributed by atoms with E-state index in [1.807, 2.05) is 48.5 Å². The Hall–Kier alpha value is -3.87. The molecule has 2 amide bonds. The van der Waals surface area contributed by atoms with Gasteiger partial charge in [-0.3, -0.25) is 9.59 Å². The Labute approximate surface area is 205 Å². The van der Waals surface area contributed by atoms with Crippen LogP contribution in [0.5, 0.6) is 5.75 Å². The number of ether oxygens (including phenoxy) is 1. The lowest BCUT2D eigenvalue weighted by Gasteiger charge is -2.35. The van der Waals surface area contributed by atoms with E-state index in [1.54, 1.807) is 7.11 Å². The highest BCUT2D eigenvalue weighted by molar-refractivity contribution is 5.99. The van der Waals surface area contributed by atoms with Gasteiger partial charge in [0.25, 0.3) is 11.8 Å². The Bertz CT molecular complexity index is 1140. The standard InChI is InChI=1S/C28H30FN3O3/c1-35-24-12-6-20(7-13-24)14-17-30-28(34)25-4-2-3-5-26(25)32-18-15-23(16-19-32)31-27(33)21-8-10-22(29)11-9-21/h2-13,23H,14-19H2,1H3,(H,30,34)(H,31,33). The van der Waals surface area contributed by atoms with Gasteiger partial charge in [0.2, 0.25) is 0 Å². The second-order valence-corrected chi connectivity index (χ2v) is 8.61. The molecule has 0 aromatic heterocycles. The van der Waals surface area contributed by atoms with Crippen molar-refractivity contribution in [3.8, 4) is 5.75 Å². The number of halogens is 1. The zero-order valence-electron chi connectivity index (χ0n) is 19.8. The molecule has 1 aliphatic rings. The van der Waals surface area contributed by atoms with Gasteiger partial charge >= 0.3 is 0 Å². The van der Waals surface area contributed by atoms with Gasteiger partial charge in [0.15, 0.2) is 0 Å². The van der Waals surface area contributed by atoms with E-state index < -0.39 is 0 Å². The van der Waals surface area contributed by atoms with E-state index in [1.165, 1.54) is 24.3 Å². The minimum atomic E-state index is -0.363. The molecule has 0 radical (unpaired) electrons. The maximum Gasteiger partial charge on any atom is 0.253 e. The lowest BCUT2D eigenvalue weighted by molar-refractivity contribution is 0.0929. The molecule has 3 aromatic rings. The van der Waals surface area contributed by atoms with E-state index in [0.29, 0.717) is 17.7 Å². The third kappa shape index (κ3) is 6.38. The Morgan fingerprint density at radius 3 is 2.31 bits per heavy atom.